The highest BCUT2D eigenvalue weighted by Gasteiger charge is 2.55. The van der Waals surface area contributed by atoms with E-state index in [-0.39, 0.29) is 5.41 Å². The lowest BCUT2D eigenvalue weighted by Crippen LogP contribution is -2.44. The average molecular weight is 344 g/mol. The number of hydrogen-bond acceptors (Lipinski definition) is 3. The number of ether oxygens (including phenoxy) is 2. The van der Waals surface area contributed by atoms with E-state index in [4.69, 9.17) is 9.47 Å². The molecule has 0 amide bonds. The molecule has 2 aliphatic carbocycles. The van der Waals surface area contributed by atoms with E-state index in [1.54, 1.807) is 7.11 Å². The molecule has 0 saturated heterocycles. The molecule has 0 N–H and O–H groups in total. The summed E-state index contributed by atoms with van der Waals surface area (Å²) < 4.78 is 11.3. The van der Waals surface area contributed by atoms with Crippen LogP contribution in [0.15, 0.2) is 31.4 Å². The maximum absolute atomic E-state index is 12.3. The van der Waals surface area contributed by atoms with Gasteiger partial charge in [0.2, 0.25) is 0 Å². The van der Waals surface area contributed by atoms with Crippen LogP contribution in [0.4, 0.5) is 0 Å². The Labute approximate surface area is 152 Å². The number of Topliss-reactive ketones (excluding diaryl/α,β-unsaturated/α-hetero) is 1. The van der Waals surface area contributed by atoms with E-state index < -0.39 is 0 Å². The number of carbonyl (C=O) groups is 1. The van der Waals surface area contributed by atoms with Crippen LogP contribution >= 0.6 is 0 Å². The van der Waals surface area contributed by atoms with Crippen LogP contribution in [0, 0.1) is 17.3 Å². The van der Waals surface area contributed by atoms with Gasteiger partial charge in [-0.3, -0.25) is 4.79 Å². The van der Waals surface area contributed by atoms with Crippen molar-refractivity contribution in [2.45, 2.75) is 52.4 Å². The minimum absolute atomic E-state index is 0.0888. The molecule has 138 valence electrons. The van der Waals surface area contributed by atoms with Gasteiger partial charge in [-0.05, 0) is 42.7 Å². The Hall–Kier alpha value is -1.77. The van der Waals surface area contributed by atoms with Crippen molar-refractivity contribution in [2.24, 2.45) is 17.3 Å². The summed E-state index contributed by atoms with van der Waals surface area (Å²) in [5.41, 5.74) is 1.22. The summed E-state index contributed by atoms with van der Waals surface area (Å²) in [6.45, 7) is 12.9. The molecule has 0 bridgehead atoms. The summed E-state index contributed by atoms with van der Waals surface area (Å²) in [6.07, 6.45) is 3.94. The van der Waals surface area contributed by atoms with Gasteiger partial charge in [0.1, 0.15) is 17.3 Å². The third-order valence-electron chi connectivity index (χ3n) is 6.20. The van der Waals surface area contributed by atoms with Crippen molar-refractivity contribution < 1.29 is 14.3 Å². The zero-order valence-corrected chi connectivity index (χ0v) is 16.1. The minimum atomic E-state index is -0.0888. The van der Waals surface area contributed by atoms with Crippen LogP contribution < -0.4 is 9.47 Å². The van der Waals surface area contributed by atoms with Crippen molar-refractivity contribution in [1.82, 2.24) is 0 Å². The molecule has 1 aromatic rings. The molecular formula is C22H32O3. The van der Waals surface area contributed by atoms with Gasteiger partial charge in [-0.2, -0.15) is 0 Å². The molecule has 2 fully saturated rings. The number of hydrogen-bond donors (Lipinski definition) is 0. The van der Waals surface area contributed by atoms with Crippen molar-refractivity contribution in [3.8, 4) is 11.5 Å². The standard InChI is InChI=1S/C18H22O3.C2H6.C2H4/c1-18-8-7-12-13-4-3-11(20-2)9-16(13)21-10-14(12)15(18)5-6-17(18)19;2*1-2/h3-4,9,12,14-15H,5-8,10H2,1-2H3;1-2H3;1-2H2/t12?,14?,15?,18-;;/m0../s1. The number of methoxy groups -OCH3 is 1. The Morgan fingerprint density at radius 1 is 1.24 bits per heavy atom. The zero-order chi connectivity index (χ0) is 18.6. The van der Waals surface area contributed by atoms with Crippen LogP contribution in [0.5, 0.6) is 11.5 Å². The Morgan fingerprint density at radius 2 is 1.96 bits per heavy atom. The van der Waals surface area contributed by atoms with E-state index in [1.165, 1.54) is 5.56 Å². The third kappa shape index (κ3) is 3.21. The second kappa shape index (κ2) is 8.07. The van der Waals surface area contributed by atoms with E-state index in [0.717, 1.165) is 43.8 Å². The van der Waals surface area contributed by atoms with Crippen LogP contribution in [0.3, 0.4) is 0 Å². The summed E-state index contributed by atoms with van der Waals surface area (Å²) in [5.74, 6) is 3.85. The fraction of sp³-hybridized carbons (Fsp3) is 0.591. The topological polar surface area (TPSA) is 35.5 Å². The highest BCUT2D eigenvalue weighted by Crippen LogP contribution is 2.59. The molecule has 25 heavy (non-hydrogen) atoms. The number of fused-ring (bicyclic) bond motifs is 5. The molecule has 0 aromatic heterocycles. The molecule has 4 rings (SSSR count). The molecule has 3 heteroatoms. The fourth-order valence-corrected chi connectivity index (χ4v) is 4.94. The van der Waals surface area contributed by atoms with Crippen molar-refractivity contribution in [3.63, 3.8) is 0 Å². The number of benzene rings is 1. The summed E-state index contributed by atoms with van der Waals surface area (Å²) >= 11 is 0. The first kappa shape index (κ1) is 19.6. The van der Waals surface area contributed by atoms with Gasteiger partial charge in [0.15, 0.2) is 0 Å². The first-order valence-corrected chi connectivity index (χ1v) is 9.47. The van der Waals surface area contributed by atoms with Crippen LogP contribution in [-0.2, 0) is 4.79 Å². The van der Waals surface area contributed by atoms with Gasteiger partial charge in [-0.1, -0.05) is 26.8 Å². The third-order valence-corrected chi connectivity index (χ3v) is 6.20. The normalized spacial score (nSPS) is 31.7. The van der Waals surface area contributed by atoms with E-state index in [0.29, 0.717) is 23.5 Å². The minimum Gasteiger partial charge on any atom is -0.497 e. The van der Waals surface area contributed by atoms with Gasteiger partial charge in [-0.25, -0.2) is 0 Å². The first-order chi connectivity index (χ1) is 12.1. The predicted molar refractivity (Wildman–Crippen MR) is 102 cm³/mol. The molecule has 1 aliphatic heterocycles. The van der Waals surface area contributed by atoms with E-state index in [2.05, 4.69) is 26.1 Å². The predicted octanol–water partition coefficient (Wildman–Crippen LogP) is 5.40. The highest BCUT2D eigenvalue weighted by molar-refractivity contribution is 5.87. The monoisotopic (exact) mass is 344 g/mol. The lowest BCUT2D eigenvalue weighted by molar-refractivity contribution is -0.129. The molecule has 3 nitrogen and oxygen atoms in total. The number of ketones is 1. The lowest BCUT2D eigenvalue weighted by atomic mass is 9.58. The van der Waals surface area contributed by atoms with Crippen molar-refractivity contribution in [2.75, 3.05) is 13.7 Å². The summed E-state index contributed by atoms with van der Waals surface area (Å²) in [5, 5.41) is 0. The second-order valence-electron chi connectivity index (χ2n) is 7.01. The van der Waals surface area contributed by atoms with Crippen LogP contribution in [0.1, 0.15) is 57.9 Å². The average Bonchev–Trinajstić information content (AvgIpc) is 2.99. The summed E-state index contributed by atoms with van der Waals surface area (Å²) in [7, 11) is 1.68. The van der Waals surface area contributed by atoms with E-state index in [1.807, 2.05) is 26.0 Å². The Kier molecular flexibility index (Phi) is 6.31. The van der Waals surface area contributed by atoms with Crippen molar-refractivity contribution in [1.29, 1.82) is 0 Å². The molecule has 1 heterocycles. The molecule has 3 aliphatic rings. The van der Waals surface area contributed by atoms with Gasteiger partial charge in [0, 0.05) is 23.8 Å². The number of rotatable bonds is 1. The Bertz CT molecular complexity index is 609. The molecule has 2 saturated carbocycles. The molecule has 0 radical (unpaired) electrons. The lowest BCUT2D eigenvalue weighted by Gasteiger charge is -2.47. The van der Waals surface area contributed by atoms with Crippen LogP contribution in [-0.4, -0.2) is 19.5 Å². The molecule has 1 aromatic carbocycles. The van der Waals surface area contributed by atoms with Gasteiger partial charge in [0.25, 0.3) is 0 Å². The Balaban J connectivity index is 0.000000528. The molecule has 0 spiro atoms. The zero-order valence-electron chi connectivity index (χ0n) is 16.1. The van der Waals surface area contributed by atoms with E-state index in [9.17, 15) is 4.79 Å². The van der Waals surface area contributed by atoms with Gasteiger partial charge >= 0.3 is 0 Å². The van der Waals surface area contributed by atoms with Crippen molar-refractivity contribution >= 4 is 5.78 Å². The molecule has 3 unspecified atom stereocenters. The van der Waals surface area contributed by atoms with Gasteiger partial charge in [-0.15, -0.1) is 13.2 Å². The van der Waals surface area contributed by atoms with Crippen LogP contribution in [0.25, 0.3) is 0 Å². The van der Waals surface area contributed by atoms with Crippen LogP contribution in [0.2, 0.25) is 0 Å². The maximum Gasteiger partial charge on any atom is 0.139 e. The summed E-state index contributed by atoms with van der Waals surface area (Å²) in [6, 6.07) is 6.18. The van der Waals surface area contributed by atoms with Gasteiger partial charge in [0.05, 0.1) is 13.7 Å². The fourth-order valence-electron chi connectivity index (χ4n) is 4.94. The van der Waals surface area contributed by atoms with Crippen molar-refractivity contribution in [3.05, 3.63) is 36.9 Å². The maximum atomic E-state index is 12.3. The number of carbonyl (C=O) groups excluding carboxylic acids is 1. The Morgan fingerprint density at radius 3 is 2.64 bits per heavy atom. The molecule has 4 atom stereocenters. The smallest absolute Gasteiger partial charge is 0.139 e. The molecular weight excluding hydrogens is 312 g/mol. The highest BCUT2D eigenvalue weighted by atomic mass is 16.5. The quantitative estimate of drug-likeness (QED) is 0.640. The largest absolute Gasteiger partial charge is 0.497 e. The summed E-state index contributed by atoms with van der Waals surface area (Å²) in [4.78, 5) is 12.3. The van der Waals surface area contributed by atoms with E-state index >= 15 is 0 Å². The SMILES string of the molecule is C=C.CC.COc1ccc2c(c1)OCC1C2CC[C@]2(C)C(=O)CCC12. The van der Waals surface area contributed by atoms with Gasteiger partial charge < -0.3 is 9.47 Å². The second-order valence-corrected chi connectivity index (χ2v) is 7.01. The first-order valence-electron chi connectivity index (χ1n) is 9.47.